The van der Waals surface area contributed by atoms with Crippen molar-refractivity contribution in [3.63, 3.8) is 0 Å². The van der Waals surface area contributed by atoms with Gasteiger partial charge in [-0.05, 0) is 80.0 Å². The molecule has 1 N–H and O–H groups in total. The van der Waals surface area contributed by atoms with Gasteiger partial charge in [-0.15, -0.1) is 0 Å². The summed E-state index contributed by atoms with van der Waals surface area (Å²) in [7, 11) is 0. The van der Waals surface area contributed by atoms with E-state index in [4.69, 9.17) is 0 Å². The number of benzene rings is 1. The van der Waals surface area contributed by atoms with Gasteiger partial charge in [0.05, 0.1) is 5.56 Å². The normalized spacial score (nSPS) is 31.2. The summed E-state index contributed by atoms with van der Waals surface area (Å²) in [6.45, 7) is 0. The van der Waals surface area contributed by atoms with Gasteiger partial charge in [0.15, 0.2) is 0 Å². The number of hydrogen-bond donors (Lipinski definition) is 1. The van der Waals surface area contributed by atoms with E-state index < -0.39 is 17.6 Å². The van der Waals surface area contributed by atoms with E-state index in [0.29, 0.717) is 11.8 Å². The number of rotatable bonds is 2. The van der Waals surface area contributed by atoms with Crippen LogP contribution in [0.25, 0.3) is 0 Å². The van der Waals surface area contributed by atoms with E-state index in [-0.39, 0.29) is 5.56 Å². The molecular formula is C18H19F3N2O. The van der Waals surface area contributed by atoms with Crippen LogP contribution < -0.4 is 5.43 Å². The lowest BCUT2D eigenvalue weighted by Crippen LogP contribution is -2.46. The van der Waals surface area contributed by atoms with E-state index in [9.17, 15) is 18.0 Å². The van der Waals surface area contributed by atoms with E-state index in [2.05, 4.69) is 10.5 Å². The number of nitrogens with one attached hydrogen (secondary N) is 1. The Kier molecular flexibility index (Phi) is 3.66. The number of amides is 1. The highest BCUT2D eigenvalue weighted by molar-refractivity contribution is 5.96. The van der Waals surface area contributed by atoms with Crippen molar-refractivity contribution in [1.29, 1.82) is 0 Å². The molecule has 3 nitrogen and oxygen atoms in total. The summed E-state index contributed by atoms with van der Waals surface area (Å²) in [5.74, 6) is 2.14. The molecule has 6 heteroatoms. The van der Waals surface area contributed by atoms with Crippen LogP contribution >= 0.6 is 0 Å². The maximum atomic E-state index is 12.6. The van der Waals surface area contributed by atoms with Gasteiger partial charge in [0.1, 0.15) is 0 Å². The summed E-state index contributed by atoms with van der Waals surface area (Å²) in [5.41, 5.74) is 3.09. The van der Waals surface area contributed by atoms with E-state index >= 15 is 0 Å². The minimum absolute atomic E-state index is 0.191. The average molecular weight is 336 g/mol. The van der Waals surface area contributed by atoms with Crippen LogP contribution in [-0.2, 0) is 6.18 Å². The van der Waals surface area contributed by atoms with Gasteiger partial charge in [0, 0.05) is 11.3 Å². The maximum Gasteiger partial charge on any atom is 0.416 e. The second kappa shape index (κ2) is 5.60. The molecule has 5 rings (SSSR count). The first-order valence-electron chi connectivity index (χ1n) is 8.45. The van der Waals surface area contributed by atoms with E-state index in [1.807, 2.05) is 0 Å². The summed E-state index contributed by atoms with van der Waals surface area (Å²) in [6, 6.07) is 4.22. The fourth-order valence-corrected chi connectivity index (χ4v) is 4.84. The minimum atomic E-state index is -4.39. The molecule has 1 amide bonds. The van der Waals surface area contributed by atoms with Crippen LogP contribution in [0.15, 0.2) is 29.4 Å². The zero-order valence-corrected chi connectivity index (χ0v) is 13.1. The molecule has 0 heterocycles. The molecule has 128 valence electrons. The molecule has 0 aliphatic heterocycles. The minimum Gasteiger partial charge on any atom is -0.267 e. The van der Waals surface area contributed by atoms with Crippen molar-refractivity contribution in [3.8, 4) is 0 Å². The fourth-order valence-electron chi connectivity index (χ4n) is 4.84. The van der Waals surface area contributed by atoms with Crippen LogP contribution in [0.3, 0.4) is 0 Å². The van der Waals surface area contributed by atoms with Crippen molar-refractivity contribution < 1.29 is 18.0 Å². The molecule has 0 radical (unpaired) electrons. The number of halogens is 3. The van der Waals surface area contributed by atoms with Crippen molar-refractivity contribution in [2.24, 2.45) is 28.8 Å². The summed E-state index contributed by atoms with van der Waals surface area (Å²) in [6.07, 6.45) is 1.63. The van der Waals surface area contributed by atoms with Gasteiger partial charge < -0.3 is 0 Å². The Balaban J connectivity index is 1.45. The number of carbonyl (C=O) groups excluding carboxylic acids is 1. The monoisotopic (exact) mass is 336 g/mol. The average Bonchev–Trinajstić information content (AvgIpc) is 2.52. The first-order chi connectivity index (χ1) is 11.4. The third-order valence-corrected chi connectivity index (χ3v) is 5.74. The fraction of sp³-hybridized carbons (Fsp3) is 0.556. The Labute approximate surface area is 138 Å². The highest BCUT2D eigenvalue weighted by Crippen LogP contribution is 2.52. The van der Waals surface area contributed by atoms with Crippen molar-refractivity contribution >= 4 is 11.6 Å². The van der Waals surface area contributed by atoms with Crippen molar-refractivity contribution in [2.45, 2.75) is 38.3 Å². The van der Waals surface area contributed by atoms with Crippen LogP contribution in [0.5, 0.6) is 0 Å². The largest absolute Gasteiger partial charge is 0.416 e. The molecule has 4 saturated carbocycles. The maximum absolute atomic E-state index is 12.6. The molecule has 0 aromatic heterocycles. The van der Waals surface area contributed by atoms with Crippen molar-refractivity contribution in [2.75, 3.05) is 0 Å². The van der Waals surface area contributed by atoms with Crippen molar-refractivity contribution in [1.82, 2.24) is 5.43 Å². The second-order valence-electron chi connectivity index (χ2n) is 7.36. The molecule has 0 atom stereocenters. The van der Waals surface area contributed by atoms with Crippen LogP contribution in [0.2, 0.25) is 0 Å². The Morgan fingerprint density at radius 1 is 0.958 bits per heavy atom. The highest BCUT2D eigenvalue weighted by atomic mass is 19.4. The first-order valence-corrected chi connectivity index (χ1v) is 8.45. The van der Waals surface area contributed by atoms with Crippen LogP contribution in [0.4, 0.5) is 13.2 Å². The molecule has 4 aliphatic carbocycles. The van der Waals surface area contributed by atoms with Gasteiger partial charge in [-0.25, -0.2) is 5.43 Å². The Morgan fingerprint density at radius 2 is 1.50 bits per heavy atom. The Morgan fingerprint density at radius 3 is 2.00 bits per heavy atom. The number of alkyl halides is 3. The van der Waals surface area contributed by atoms with Gasteiger partial charge in [0.2, 0.25) is 0 Å². The predicted molar refractivity (Wildman–Crippen MR) is 83.4 cm³/mol. The molecule has 1 aromatic rings. The lowest BCUT2D eigenvalue weighted by molar-refractivity contribution is -0.137. The van der Waals surface area contributed by atoms with Crippen LogP contribution in [0, 0.1) is 23.7 Å². The van der Waals surface area contributed by atoms with Gasteiger partial charge in [-0.1, -0.05) is 0 Å². The van der Waals surface area contributed by atoms with Gasteiger partial charge in [0.25, 0.3) is 5.91 Å². The number of hydrogen-bond acceptors (Lipinski definition) is 2. The zero-order valence-electron chi connectivity index (χ0n) is 13.1. The number of nitrogens with zero attached hydrogens (tertiary/aromatic N) is 1. The van der Waals surface area contributed by atoms with E-state index in [1.165, 1.54) is 44.2 Å². The zero-order chi connectivity index (χ0) is 16.9. The lowest BCUT2D eigenvalue weighted by atomic mass is 9.55. The number of hydrazone groups is 1. The van der Waals surface area contributed by atoms with Gasteiger partial charge >= 0.3 is 6.18 Å². The van der Waals surface area contributed by atoms with Crippen LogP contribution in [0.1, 0.15) is 48.0 Å². The molecule has 0 unspecified atom stereocenters. The molecule has 4 bridgehead atoms. The first kappa shape index (κ1) is 15.7. The third-order valence-electron chi connectivity index (χ3n) is 5.74. The second-order valence-corrected chi connectivity index (χ2v) is 7.36. The van der Waals surface area contributed by atoms with Gasteiger partial charge in [-0.3, -0.25) is 4.79 Å². The number of carbonyl (C=O) groups is 1. The Hall–Kier alpha value is -1.85. The summed E-state index contributed by atoms with van der Waals surface area (Å²) >= 11 is 0. The topological polar surface area (TPSA) is 41.5 Å². The molecule has 1 aromatic carbocycles. The molecule has 0 saturated heterocycles. The van der Waals surface area contributed by atoms with E-state index in [0.717, 1.165) is 29.7 Å². The molecule has 4 aliphatic rings. The summed E-state index contributed by atoms with van der Waals surface area (Å²) in [4.78, 5) is 12.1. The standard InChI is InChI=1S/C18H19F3N2O/c19-18(20,21)15-3-1-12(2-4-15)17(24)23-22-16-13-6-10-5-11(8-13)9-14(16)7-10/h1-4,10-11,13-14H,5-9H2,(H,23,24). The summed E-state index contributed by atoms with van der Waals surface area (Å²) < 4.78 is 37.7. The smallest absolute Gasteiger partial charge is 0.267 e. The lowest BCUT2D eigenvalue weighted by Gasteiger charge is -2.50. The SMILES string of the molecule is O=C(NN=C1C2CC3CC(C2)CC1C3)c1ccc(C(F)(F)F)cc1. The quantitative estimate of drug-likeness (QED) is 0.806. The molecular weight excluding hydrogens is 317 g/mol. The summed E-state index contributed by atoms with van der Waals surface area (Å²) in [5, 5.41) is 4.37. The molecule has 0 spiro atoms. The third kappa shape index (κ3) is 2.82. The van der Waals surface area contributed by atoms with Crippen molar-refractivity contribution in [3.05, 3.63) is 35.4 Å². The molecule has 24 heavy (non-hydrogen) atoms. The predicted octanol–water partition coefficient (Wildman–Crippen LogP) is 4.25. The Bertz CT molecular complexity index is 648. The highest BCUT2D eigenvalue weighted by Gasteiger charge is 2.46. The van der Waals surface area contributed by atoms with Gasteiger partial charge in [-0.2, -0.15) is 18.3 Å². The van der Waals surface area contributed by atoms with Crippen LogP contribution in [-0.4, -0.2) is 11.6 Å². The van der Waals surface area contributed by atoms with E-state index in [1.54, 1.807) is 0 Å². The molecule has 4 fully saturated rings.